The second-order valence-corrected chi connectivity index (χ2v) is 9.23. The normalized spacial score (nSPS) is 15.9. The van der Waals surface area contributed by atoms with Crippen molar-refractivity contribution >= 4 is 11.6 Å². The van der Waals surface area contributed by atoms with Crippen molar-refractivity contribution in [2.24, 2.45) is 0 Å². The highest BCUT2D eigenvalue weighted by Crippen LogP contribution is 2.32. The molecule has 4 nitrogen and oxygen atoms in total. The number of fused-ring (bicyclic) bond motifs is 1. The third-order valence-electron chi connectivity index (χ3n) is 6.23. The molecule has 0 radical (unpaired) electrons. The Kier molecular flexibility index (Phi) is 6.73. The van der Waals surface area contributed by atoms with Crippen LogP contribution in [0, 0.1) is 0 Å². The quantitative estimate of drug-likeness (QED) is 0.559. The molecule has 0 saturated heterocycles. The van der Waals surface area contributed by atoms with Gasteiger partial charge in [0, 0.05) is 24.8 Å². The summed E-state index contributed by atoms with van der Waals surface area (Å²) in [6, 6.07) is 27.8. The number of amides is 1. The molecule has 0 aromatic heterocycles. The molecule has 1 aliphatic carbocycles. The first-order valence-corrected chi connectivity index (χ1v) is 11.4. The van der Waals surface area contributed by atoms with E-state index in [0.717, 1.165) is 38.0 Å². The van der Waals surface area contributed by atoms with Crippen molar-refractivity contribution in [2.75, 3.05) is 5.32 Å². The minimum atomic E-state index is -1.40. The Balaban J connectivity index is 1.56. The highest BCUT2D eigenvalue weighted by atomic mass is 16.3. The molecule has 0 spiro atoms. The van der Waals surface area contributed by atoms with Gasteiger partial charge in [0.1, 0.15) is 5.60 Å². The highest BCUT2D eigenvalue weighted by molar-refractivity contribution is 5.97. The number of hydrogen-bond acceptors (Lipinski definition) is 3. The van der Waals surface area contributed by atoms with E-state index in [0.29, 0.717) is 6.04 Å². The van der Waals surface area contributed by atoms with Gasteiger partial charge in [0.25, 0.3) is 5.91 Å². The molecule has 1 aliphatic rings. The van der Waals surface area contributed by atoms with Crippen LogP contribution in [0.4, 0.5) is 5.69 Å². The molecule has 166 valence electrons. The summed E-state index contributed by atoms with van der Waals surface area (Å²) in [4.78, 5) is 14.9. The molecule has 0 aliphatic heterocycles. The summed E-state index contributed by atoms with van der Waals surface area (Å²) in [5.41, 5.74) is 4.54. The topological polar surface area (TPSA) is 52.6 Å². The van der Waals surface area contributed by atoms with E-state index >= 15 is 0 Å². The van der Waals surface area contributed by atoms with Gasteiger partial charge in [0.2, 0.25) is 0 Å². The molecule has 32 heavy (non-hydrogen) atoms. The zero-order chi connectivity index (χ0) is 22.6. The molecule has 0 heterocycles. The summed E-state index contributed by atoms with van der Waals surface area (Å²) in [6.45, 7) is 4.84. The minimum Gasteiger partial charge on any atom is -0.381 e. The maximum absolute atomic E-state index is 12.3. The molecule has 0 saturated carbocycles. The lowest BCUT2D eigenvalue weighted by atomic mass is 9.86. The van der Waals surface area contributed by atoms with E-state index in [4.69, 9.17) is 0 Å². The van der Waals surface area contributed by atoms with Crippen LogP contribution in [0.3, 0.4) is 0 Å². The van der Waals surface area contributed by atoms with Gasteiger partial charge in [0.15, 0.2) is 0 Å². The number of nitrogens with zero attached hydrogens (tertiary/aromatic N) is 1. The molecular formula is C28H32N2O2. The van der Waals surface area contributed by atoms with Gasteiger partial charge in [-0.1, -0.05) is 72.8 Å². The van der Waals surface area contributed by atoms with Crippen molar-refractivity contribution in [3.8, 4) is 0 Å². The van der Waals surface area contributed by atoms with E-state index < -0.39 is 5.60 Å². The number of hydrogen-bond donors (Lipinski definition) is 2. The third kappa shape index (κ3) is 5.45. The average Bonchev–Trinajstić information content (AvgIpc) is 2.79. The first-order valence-electron chi connectivity index (χ1n) is 11.4. The van der Waals surface area contributed by atoms with Crippen LogP contribution < -0.4 is 5.32 Å². The minimum absolute atomic E-state index is 0.372. The first-order chi connectivity index (χ1) is 15.4. The first kappa shape index (κ1) is 22.3. The number of aliphatic hydroxyl groups is 1. The van der Waals surface area contributed by atoms with Gasteiger partial charge >= 0.3 is 0 Å². The standard InChI is InChI=1S/C28H32N2O2/c1-28(2,32)27(31)29-26-15-9-14-23-18-24(16-17-25(23)26)30(19-21-10-5-3-6-11-21)20-22-12-7-4-8-13-22/h3-15,24,32H,16-20H2,1-2H3,(H,29,31). The third-order valence-corrected chi connectivity index (χ3v) is 6.23. The zero-order valence-electron chi connectivity index (χ0n) is 18.9. The Morgan fingerprint density at radius 3 is 2.09 bits per heavy atom. The summed E-state index contributed by atoms with van der Waals surface area (Å²) in [5, 5.41) is 13.0. The fraction of sp³-hybridized carbons (Fsp3) is 0.321. The number of carbonyl (C=O) groups excluding carboxylic acids is 1. The molecule has 1 atom stereocenters. The maximum Gasteiger partial charge on any atom is 0.255 e. The van der Waals surface area contributed by atoms with Gasteiger partial charge in [-0.15, -0.1) is 0 Å². The smallest absolute Gasteiger partial charge is 0.255 e. The van der Waals surface area contributed by atoms with Crippen LogP contribution in [0.1, 0.15) is 42.5 Å². The second-order valence-electron chi connectivity index (χ2n) is 9.23. The summed E-state index contributed by atoms with van der Waals surface area (Å²) in [6.07, 6.45) is 2.88. The summed E-state index contributed by atoms with van der Waals surface area (Å²) >= 11 is 0. The fourth-order valence-corrected chi connectivity index (χ4v) is 4.44. The predicted molar refractivity (Wildman–Crippen MR) is 129 cm³/mol. The van der Waals surface area contributed by atoms with E-state index in [1.54, 1.807) is 0 Å². The molecule has 2 N–H and O–H groups in total. The van der Waals surface area contributed by atoms with Crippen LogP contribution in [0.5, 0.6) is 0 Å². The maximum atomic E-state index is 12.3. The Hall–Kier alpha value is -2.95. The van der Waals surface area contributed by atoms with E-state index in [9.17, 15) is 9.90 Å². The van der Waals surface area contributed by atoms with Crippen LogP contribution in [0.15, 0.2) is 78.9 Å². The Bertz CT molecular complexity index is 1000. The van der Waals surface area contributed by atoms with Gasteiger partial charge in [-0.05, 0) is 61.4 Å². The lowest BCUT2D eigenvalue weighted by Gasteiger charge is -2.36. The molecule has 0 fully saturated rings. The van der Waals surface area contributed by atoms with Crippen LogP contribution in [0.2, 0.25) is 0 Å². The fourth-order valence-electron chi connectivity index (χ4n) is 4.44. The monoisotopic (exact) mass is 428 g/mol. The summed E-state index contributed by atoms with van der Waals surface area (Å²) in [5.74, 6) is -0.372. The lowest BCUT2D eigenvalue weighted by molar-refractivity contribution is -0.130. The predicted octanol–water partition coefficient (Wildman–Crippen LogP) is 4.96. The molecule has 0 bridgehead atoms. The molecule has 3 aromatic rings. The molecule has 1 amide bonds. The van der Waals surface area contributed by atoms with E-state index in [1.807, 2.05) is 12.1 Å². The number of rotatable bonds is 7. The van der Waals surface area contributed by atoms with Gasteiger partial charge < -0.3 is 10.4 Å². The van der Waals surface area contributed by atoms with Crippen molar-refractivity contribution in [1.29, 1.82) is 0 Å². The van der Waals surface area contributed by atoms with Crippen molar-refractivity contribution < 1.29 is 9.90 Å². The van der Waals surface area contributed by atoms with Crippen molar-refractivity contribution in [2.45, 2.75) is 57.8 Å². The number of nitrogens with one attached hydrogen (secondary N) is 1. The summed E-state index contributed by atoms with van der Waals surface area (Å²) in [7, 11) is 0. The lowest BCUT2D eigenvalue weighted by Crippen LogP contribution is -2.39. The molecule has 4 heteroatoms. The molecular weight excluding hydrogens is 396 g/mol. The van der Waals surface area contributed by atoms with Crippen LogP contribution in [-0.4, -0.2) is 27.6 Å². The van der Waals surface area contributed by atoms with Crippen LogP contribution >= 0.6 is 0 Å². The van der Waals surface area contributed by atoms with Crippen molar-refractivity contribution in [1.82, 2.24) is 4.90 Å². The average molecular weight is 429 g/mol. The van der Waals surface area contributed by atoms with E-state index in [1.165, 1.54) is 36.1 Å². The SMILES string of the molecule is CC(C)(O)C(=O)Nc1cccc2c1CCC(N(Cc1ccccc1)Cc1ccccc1)C2. The largest absolute Gasteiger partial charge is 0.381 e. The molecule has 1 unspecified atom stereocenters. The second kappa shape index (κ2) is 9.68. The van der Waals surface area contributed by atoms with Crippen LogP contribution in [0.25, 0.3) is 0 Å². The van der Waals surface area contributed by atoms with E-state index in [-0.39, 0.29) is 5.91 Å². The number of anilines is 1. The van der Waals surface area contributed by atoms with Gasteiger partial charge in [0.05, 0.1) is 0 Å². The van der Waals surface area contributed by atoms with Gasteiger partial charge in [-0.25, -0.2) is 0 Å². The molecule has 3 aromatic carbocycles. The Morgan fingerprint density at radius 1 is 0.938 bits per heavy atom. The van der Waals surface area contributed by atoms with Crippen LogP contribution in [-0.2, 0) is 30.7 Å². The zero-order valence-corrected chi connectivity index (χ0v) is 18.9. The molecule has 4 rings (SSSR count). The Labute approximate surface area is 190 Å². The van der Waals surface area contributed by atoms with Crippen molar-refractivity contribution in [3.63, 3.8) is 0 Å². The van der Waals surface area contributed by atoms with E-state index in [2.05, 4.69) is 76.9 Å². The summed E-state index contributed by atoms with van der Waals surface area (Å²) < 4.78 is 0. The van der Waals surface area contributed by atoms with Gasteiger partial charge in [-0.2, -0.15) is 0 Å². The number of benzene rings is 3. The number of carbonyl (C=O) groups is 1. The van der Waals surface area contributed by atoms with Crippen molar-refractivity contribution in [3.05, 3.63) is 101 Å². The highest BCUT2D eigenvalue weighted by Gasteiger charge is 2.28. The Morgan fingerprint density at radius 2 is 1.53 bits per heavy atom. The van der Waals surface area contributed by atoms with Gasteiger partial charge in [-0.3, -0.25) is 9.69 Å².